The highest BCUT2D eigenvalue weighted by Gasteiger charge is 2.22. The first-order chi connectivity index (χ1) is 12.6. The largest absolute Gasteiger partial charge is 0.497 e. The van der Waals surface area contributed by atoms with E-state index in [4.69, 9.17) is 14.6 Å². The average molecular weight is 392 g/mol. The lowest BCUT2D eigenvalue weighted by atomic mass is 10.1. The quantitative estimate of drug-likeness (QED) is 0.723. The van der Waals surface area contributed by atoms with E-state index in [9.17, 15) is 18.0 Å². The Morgan fingerprint density at radius 1 is 1.15 bits per heavy atom. The number of rotatable bonds is 6. The normalized spacial score (nSPS) is 12.1. The Bertz CT molecular complexity index is 972. The van der Waals surface area contributed by atoms with Crippen LogP contribution in [0.3, 0.4) is 0 Å². The van der Waals surface area contributed by atoms with Crippen LogP contribution in [-0.2, 0) is 19.6 Å². The van der Waals surface area contributed by atoms with Crippen LogP contribution in [0, 0.1) is 6.92 Å². The van der Waals surface area contributed by atoms with Crippen LogP contribution < -0.4 is 15.2 Å². The van der Waals surface area contributed by atoms with Gasteiger partial charge in [-0.3, -0.25) is 4.79 Å². The summed E-state index contributed by atoms with van der Waals surface area (Å²) >= 11 is 0. The van der Waals surface area contributed by atoms with Crippen molar-refractivity contribution in [3.63, 3.8) is 0 Å². The number of nitrogens with one attached hydrogen (secondary N) is 1. The molecular formula is C18H20N2O6S. The molecule has 0 aliphatic rings. The number of hydrogen-bond donors (Lipinski definition) is 2. The van der Waals surface area contributed by atoms with Gasteiger partial charge in [-0.05, 0) is 43.7 Å². The van der Waals surface area contributed by atoms with Crippen molar-refractivity contribution in [2.45, 2.75) is 24.8 Å². The number of nitrogens with two attached hydrogens (primary N) is 1. The number of anilines is 1. The van der Waals surface area contributed by atoms with E-state index < -0.39 is 28.0 Å². The van der Waals surface area contributed by atoms with E-state index in [1.54, 1.807) is 31.2 Å². The van der Waals surface area contributed by atoms with E-state index in [0.717, 1.165) is 6.07 Å². The van der Waals surface area contributed by atoms with Crippen LogP contribution in [0.15, 0.2) is 47.4 Å². The second kappa shape index (κ2) is 8.19. The molecule has 2 rings (SSSR count). The Morgan fingerprint density at radius 3 is 2.48 bits per heavy atom. The standard InChI is InChI=1S/C18H20N2O6S/c1-11-7-8-15(27(19,23)24)10-16(11)18(22)26-12(2)17(21)20-13-5-4-6-14(9-13)25-3/h4-10,12H,1-3H3,(H,20,21)(H2,19,23,24). The van der Waals surface area contributed by atoms with Crippen LogP contribution in [0.5, 0.6) is 5.75 Å². The number of sulfonamides is 1. The van der Waals surface area contributed by atoms with Crippen molar-refractivity contribution in [3.8, 4) is 5.75 Å². The van der Waals surface area contributed by atoms with Gasteiger partial charge in [0.2, 0.25) is 10.0 Å². The summed E-state index contributed by atoms with van der Waals surface area (Å²) in [5.41, 5.74) is 0.991. The van der Waals surface area contributed by atoms with Crippen LogP contribution >= 0.6 is 0 Å². The second-order valence-electron chi connectivity index (χ2n) is 5.79. The van der Waals surface area contributed by atoms with Gasteiger partial charge >= 0.3 is 5.97 Å². The number of amides is 1. The zero-order valence-corrected chi connectivity index (χ0v) is 15.9. The van der Waals surface area contributed by atoms with E-state index in [1.807, 2.05) is 0 Å². The smallest absolute Gasteiger partial charge is 0.339 e. The first-order valence-corrected chi connectivity index (χ1v) is 9.46. The van der Waals surface area contributed by atoms with Gasteiger partial charge in [0, 0.05) is 11.8 Å². The lowest BCUT2D eigenvalue weighted by Gasteiger charge is -2.15. The molecule has 0 saturated carbocycles. The number of aryl methyl sites for hydroxylation is 1. The number of carbonyl (C=O) groups excluding carboxylic acids is 2. The van der Waals surface area contributed by atoms with Crippen LogP contribution in [-0.4, -0.2) is 33.5 Å². The molecule has 2 aromatic rings. The van der Waals surface area contributed by atoms with E-state index in [1.165, 1.54) is 26.2 Å². The Morgan fingerprint density at radius 2 is 1.85 bits per heavy atom. The molecule has 27 heavy (non-hydrogen) atoms. The third-order valence-corrected chi connectivity index (χ3v) is 4.66. The fourth-order valence-electron chi connectivity index (χ4n) is 2.22. The first-order valence-electron chi connectivity index (χ1n) is 7.91. The molecule has 0 saturated heterocycles. The monoisotopic (exact) mass is 392 g/mol. The molecular weight excluding hydrogens is 372 g/mol. The molecule has 0 aliphatic heterocycles. The lowest BCUT2D eigenvalue weighted by Crippen LogP contribution is -2.30. The molecule has 0 fully saturated rings. The number of benzene rings is 2. The van der Waals surface area contributed by atoms with Crippen LogP contribution in [0.25, 0.3) is 0 Å². The molecule has 1 unspecified atom stereocenters. The number of ether oxygens (including phenoxy) is 2. The summed E-state index contributed by atoms with van der Waals surface area (Å²) in [5.74, 6) is -0.809. The topological polar surface area (TPSA) is 125 Å². The summed E-state index contributed by atoms with van der Waals surface area (Å²) < 4.78 is 33.1. The maximum absolute atomic E-state index is 12.4. The minimum atomic E-state index is -3.97. The van der Waals surface area contributed by atoms with Crippen LogP contribution in [0.2, 0.25) is 0 Å². The number of carbonyl (C=O) groups is 2. The van der Waals surface area contributed by atoms with Gasteiger partial charge in [-0.1, -0.05) is 12.1 Å². The van der Waals surface area contributed by atoms with Crippen molar-refractivity contribution in [1.82, 2.24) is 0 Å². The highest BCUT2D eigenvalue weighted by Crippen LogP contribution is 2.18. The van der Waals surface area contributed by atoms with Gasteiger partial charge in [-0.15, -0.1) is 0 Å². The number of primary sulfonamides is 1. The Kier molecular flexibility index (Phi) is 6.19. The van der Waals surface area contributed by atoms with Gasteiger partial charge in [0.05, 0.1) is 17.6 Å². The van der Waals surface area contributed by atoms with Gasteiger partial charge in [-0.25, -0.2) is 18.4 Å². The summed E-state index contributed by atoms with van der Waals surface area (Å²) in [4.78, 5) is 24.4. The summed E-state index contributed by atoms with van der Waals surface area (Å²) in [6.07, 6.45) is -1.11. The molecule has 0 aromatic heterocycles. The molecule has 8 nitrogen and oxygen atoms in total. The van der Waals surface area contributed by atoms with E-state index in [2.05, 4.69) is 5.32 Å². The molecule has 0 bridgehead atoms. The molecule has 0 radical (unpaired) electrons. The molecule has 0 aliphatic carbocycles. The molecule has 1 atom stereocenters. The maximum atomic E-state index is 12.4. The molecule has 144 valence electrons. The zero-order chi connectivity index (χ0) is 20.2. The van der Waals surface area contributed by atoms with Crippen molar-refractivity contribution in [3.05, 3.63) is 53.6 Å². The lowest BCUT2D eigenvalue weighted by molar-refractivity contribution is -0.123. The molecule has 9 heteroatoms. The summed E-state index contributed by atoms with van der Waals surface area (Å²) in [6, 6.07) is 10.6. The van der Waals surface area contributed by atoms with Crippen LogP contribution in [0.4, 0.5) is 5.69 Å². The summed E-state index contributed by atoms with van der Waals surface area (Å²) in [6.45, 7) is 3.02. The van der Waals surface area contributed by atoms with E-state index in [0.29, 0.717) is 17.0 Å². The highest BCUT2D eigenvalue weighted by atomic mass is 32.2. The van der Waals surface area contributed by atoms with Crippen molar-refractivity contribution >= 4 is 27.6 Å². The number of hydrogen-bond acceptors (Lipinski definition) is 6. The second-order valence-corrected chi connectivity index (χ2v) is 7.35. The molecule has 0 spiro atoms. The average Bonchev–Trinajstić information content (AvgIpc) is 2.61. The predicted molar refractivity (Wildman–Crippen MR) is 99.1 cm³/mol. The van der Waals surface area contributed by atoms with E-state index in [-0.39, 0.29) is 10.5 Å². The number of esters is 1. The van der Waals surface area contributed by atoms with Crippen LogP contribution in [0.1, 0.15) is 22.8 Å². The minimum Gasteiger partial charge on any atom is -0.497 e. The number of methoxy groups -OCH3 is 1. The van der Waals surface area contributed by atoms with Crippen molar-refractivity contribution in [2.24, 2.45) is 5.14 Å². The first kappa shape index (κ1) is 20.4. The minimum absolute atomic E-state index is 0.0163. The van der Waals surface area contributed by atoms with Crippen molar-refractivity contribution < 1.29 is 27.5 Å². The van der Waals surface area contributed by atoms with Gasteiger partial charge in [-0.2, -0.15) is 0 Å². The van der Waals surface area contributed by atoms with Crippen molar-refractivity contribution in [2.75, 3.05) is 12.4 Å². The van der Waals surface area contributed by atoms with Gasteiger partial charge < -0.3 is 14.8 Å². The third kappa shape index (κ3) is 5.28. The zero-order valence-electron chi connectivity index (χ0n) is 15.1. The third-order valence-electron chi connectivity index (χ3n) is 3.75. The maximum Gasteiger partial charge on any atom is 0.339 e. The fraction of sp³-hybridized carbons (Fsp3) is 0.222. The molecule has 2 aromatic carbocycles. The van der Waals surface area contributed by atoms with E-state index >= 15 is 0 Å². The van der Waals surface area contributed by atoms with Gasteiger partial charge in [0.1, 0.15) is 5.75 Å². The van der Waals surface area contributed by atoms with Gasteiger partial charge in [0.25, 0.3) is 5.91 Å². The van der Waals surface area contributed by atoms with Gasteiger partial charge in [0.15, 0.2) is 6.10 Å². The van der Waals surface area contributed by atoms with Crippen molar-refractivity contribution in [1.29, 1.82) is 0 Å². The summed E-state index contributed by atoms with van der Waals surface area (Å²) in [5, 5.41) is 7.69. The molecule has 3 N–H and O–H groups in total. The predicted octanol–water partition coefficient (Wildman–Crippen LogP) is 1.84. The Balaban J connectivity index is 2.11. The summed E-state index contributed by atoms with van der Waals surface area (Å²) in [7, 11) is -2.46. The Labute approximate surface area is 157 Å². The molecule has 0 heterocycles. The molecule has 1 amide bonds. The highest BCUT2D eigenvalue weighted by molar-refractivity contribution is 7.89. The fourth-order valence-corrected chi connectivity index (χ4v) is 2.76. The Hall–Kier alpha value is -2.91. The SMILES string of the molecule is COc1cccc(NC(=O)C(C)OC(=O)c2cc(S(N)(=O)=O)ccc2C)c1.